The Bertz CT molecular complexity index is 627. The second-order valence-corrected chi connectivity index (χ2v) is 5.62. The Morgan fingerprint density at radius 3 is 2.55 bits per heavy atom. The van der Waals surface area contributed by atoms with Gasteiger partial charge in [-0.1, -0.05) is 23.1 Å². The zero-order valence-electron chi connectivity index (χ0n) is 9.56. The lowest BCUT2D eigenvalue weighted by Crippen LogP contribution is -1.98. The van der Waals surface area contributed by atoms with Gasteiger partial charge >= 0.3 is 5.97 Å². The monoisotopic (exact) mass is 321 g/mol. The number of halogens is 3. The molecule has 0 atom stereocenters. The summed E-state index contributed by atoms with van der Waals surface area (Å²) in [4.78, 5) is 10.4. The maximum atomic E-state index is 13.4. The number of rotatable bonds is 5. The van der Waals surface area contributed by atoms with Gasteiger partial charge in [-0.05, 0) is 0 Å². The van der Waals surface area contributed by atoms with Crippen molar-refractivity contribution in [1.82, 2.24) is 10.2 Å². The number of nitrogens with one attached hydrogen (secondary N) is 1. The molecule has 0 saturated carbocycles. The largest absolute Gasteiger partial charge is 0.481 e. The lowest BCUT2D eigenvalue weighted by atomic mass is 10.3. The molecule has 0 saturated heterocycles. The second kappa shape index (κ2) is 6.09. The van der Waals surface area contributed by atoms with E-state index in [0.717, 1.165) is 23.1 Å². The standard InChI is InChI=1S/C10H6F3N3O2S2/c11-4-1-5(12)8(6(13)2-4)14-9-15-16-10(20-9)19-3-7(17)18/h1-2H,3H2,(H,14,15)(H,17,18). The molecule has 1 heterocycles. The highest BCUT2D eigenvalue weighted by atomic mass is 32.2. The van der Waals surface area contributed by atoms with E-state index in [9.17, 15) is 18.0 Å². The van der Waals surface area contributed by atoms with E-state index in [2.05, 4.69) is 15.5 Å². The van der Waals surface area contributed by atoms with Gasteiger partial charge in [0.25, 0.3) is 0 Å². The van der Waals surface area contributed by atoms with Gasteiger partial charge in [-0.25, -0.2) is 13.2 Å². The molecule has 2 rings (SSSR count). The van der Waals surface area contributed by atoms with E-state index in [1.165, 1.54) is 0 Å². The molecule has 0 bridgehead atoms. The van der Waals surface area contributed by atoms with Gasteiger partial charge in [0, 0.05) is 12.1 Å². The molecule has 1 aromatic heterocycles. The van der Waals surface area contributed by atoms with Gasteiger partial charge in [-0.2, -0.15) is 0 Å². The highest BCUT2D eigenvalue weighted by Gasteiger charge is 2.14. The van der Waals surface area contributed by atoms with E-state index in [1.54, 1.807) is 0 Å². The van der Waals surface area contributed by atoms with Crippen molar-refractivity contribution >= 4 is 39.9 Å². The Labute approximate surface area is 118 Å². The lowest BCUT2D eigenvalue weighted by molar-refractivity contribution is -0.133. The van der Waals surface area contributed by atoms with E-state index in [-0.39, 0.29) is 10.9 Å². The zero-order chi connectivity index (χ0) is 14.7. The number of thioether (sulfide) groups is 1. The average molecular weight is 321 g/mol. The number of nitrogens with zero attached hydrogens (tertiary/aromatic N) is 2. The first kappa shape index (κ1) is 14.6. The number of carboxylic acid groups (broad SMARTS) is 1. The van der Waals surface area contributed by atoms with Gasteiger partial charge in [-0.15, -0.1) is 10.2 Å². The van der Waals surface area contributed by atoms with E-state index < -0.39 is 29.1 Å². The molecule has 0 radical (unpaired) electrons. The molecule has 0 spiro atoms. The average Bonchev–Trinajstić information content (AvgIpc) is 2.79. The van der Waals surface area contributed by atoms with Crippen LogP contribution in [-0.4, -0.2) is 27.0 Å². The van der Waals surface area contributed by atoms with Crippen molar-refractivity contribution in [1.29, 1.82) is 0 Å². The summed E-state index contributed by atoms with van der Waals surface area (Å²) in [6, 6.07) is 1.07. The normalized spacial score (nSPS) is 10.6. The quantitative estimate of drug-likeness (QED) is 0.825. The molecule has 0 aliphatic heterocycles. The summed E-state index contributed by atoms with van der Waals surface area (Å²) in [6.45, 7) is 0. The van der Waals surface area contributed by atoms with Crippen LogP contribution < -0.4 is 5.32 Å². The minimum absolute atomic E-state index is 0.0716. The van der Waals surface area contributed by atoms with Crippen LogP contribution in [0.3, 0.4) is 0 Å². The van der Waals surface area contributed by atoms with Crippen molar-refractivity contribution in [3.8, 4) is 0 Å². The van der Waals surface area contributed by atoms with Gasteiger partial charge < -0.3 is 10.4 Å². The second-order valence-electron chi connectivity index (χ2n) is 3.42. The van der Waals surface area contributed by atoms with Gasteiger partial charge in [0.1, 0.15) is 11.5 Å². The Balaban J connectivity index is 2.13. The predicted molar refractivity (Wildman–Crippen MR) is 67.9 cm³/mol. The number of aromatic nitrogens is 2. The topological polar surface area (TPSA) is 75.1 Å². The maximum absolute atomic E-state index is 13.4. The molecule has 0 unspecified atom stereocenters. The molecule has 20 heavy (non-hydrogen) atoms. The van der Waals surface area contributed by atoms with Crippen molar-refractivity contribution in [2.24, 2.45) is 0 Å². The van der Waals surface area contributed by atoms with Gasteiger partial charge in [0.05, 0.1) is 5.75 Å². The molecule has 5 nitrogen and oxygen atoms in total. The summed E-state index contributed by atoms with van der Waals surface area (Å²) in [5.74, 6) is -4.45. The SMILES string of the molecule is O=C(O)CSc1nnc(Nc2c(F)cc(F)cc2F)s1. The summed E-state index contributed by atoms with van der Waals surface area (Å²) in [5.41, 5.74) is -0.544. The number of carboxylic acids is 1. The molecule has 1 aromatic carbocycles. The molecule has 0 amide bonds. The van der Waals surface area contributed by atoms with Crippen LogP contribution in [0.15, 0.2) is 16.5 Å². The van der Waals surface area contributed by atoms with E-state index in [1.807, 2.05) is 0 Å². The highest BCUT2D eigenvalue weighted by Crippen LogP contribution is 2.29. The Morgan fingerprint density at radius 2 is 1.95 bits per heavy atom. The van der Waals surface area contributed by atoms with E-state index >= 15 is 0 Å². The van der Waals surface area contributed by atoms with Gasteiger partial charge in [0.2, 0.25) is 5.13 Å². The highest BCUT2D eigenvalue weighted by molar-refractivity contribution is 8.01. The summed E-state index contributed by atoms with van der Waals surface area (Å²) < 4.78 is 39.8. The van der Waals surface area contributed by atoms with Crippen LogP contribution >= 0.6 is 23.1 Å². The van der Waals surface area contributed by atoms with Crippen LogP contribution in [-0.2, 0) is 4.79 Å². The predicted octanol–water partition coefficient (Wildman–Crippen LogP) is 2.88. The Morgan fingerprint density at radius 1 is 1.30 bits per heavy atom. The van der Waals surface area contributed by atoms with Crippen molar-refractivity contribution in [3.63, 3.8) is 0 Å². The van der Waals surface area contributed by atoms with Crippen molar-refractivity contribution in [2.45, 2.75) is 4.34 Å². The first-order valence-electron chi connectivity index (χ1n) is 5.05. The van der Waals surface area contributed by atoms with Gasteiger partial charge in [-0.3, -0.25) is 4.79 Å². The molecule has 2 aromatic rings. The number of hydrogen-bond donors (Lipinski definition) is 2. The van der Waals surface area contributed by atoms with Crippen LogP contribution in [0.5, 0.6) is 0 Å². The molecular weight excluding hydrogens is 315 g/mol. The zero-order valence-corrected chi connectivity index (χ0v) is 11.2. The van der Waals surface area contributed by atoms with Crippen molar-refractivity contribution in [2.75, 3.05) is 11.1 Å². The minimum atomic E-state index is -1.10. The third-order valence-electron chi connectivity index (χ3n) is 1.96. The summed E-state index contributed by atoms with van der Waals surface area (Å²) in [7, 11) is 0. The molecule has 0 aliphatic rings. The fourth-order valence-electron chi connectivity index (χ4n) is 1.21. The number of hydrogen-bond acceptors (Lipinski definition) is 6. The number of carbonyl (C=O) groups is 1. The lowest BCUT2D eigenvalue weighted by Gasteiger charge is -2.04. The van der Waals surface area contributed by atoms with Crippen LogP contribution in [0.25, 0.3) is 0 Å². The number of aliphatic carboxylic acids is 1. The molecule has 106 valence electrons. The van der Waals surface area contributed by atoms with Crippen molar-refractivity contribution in [3.05, 3.63) is 29.6 Å². The number of benzene rings is 1. The molecule has 0 fully saturated rings. The first-order valence-corrected chi connectivity index (χ1v) is 6.85. The summed E-state index contributed by atoms with van der Waals surface area (Å²) in [5, 5.41) is 18.2. The first-order chi connectivity index (χ1) is 9.45. The molecule has 0 aliphatic carbocycles. The molecular formula is C10H6F3N3O2S2. The smallest absolute Gasteiger partial charge is 0.313 e. The third kappa shape index (κ3) is 3.61. The van der Waals surface area contributed by atoms with Crippen LogP contribution in [0, 0.1) is 17.5 Å². The molecule has 10 heteroatoms. The summed E-state index contributed by atoms with van der Waals surface area (Å²) >= 11 is 1.86. The van der Waals surface area contributed by atoms with Crippen LogP contribution in [0.2, 0.25) is 0 Å². The minimum Gasteiger partial charge on any atom is -0.481 e. The fourth-order valence-corrected chi connectivity index (χ4v) is 2.69. The van der Waals surface area contributed by atoms with Crippen LogP contribution in [0.1, 0.15) is 0 Å². The summed E-state index contributed by atoms with van der Waals surface area (Å²) in [6.07, 6.45) is 0. The van der Waals surface area contributed by atoms with E-state index in [4.69, 9.17) is 5.11 Å². The third-order valence-corrected chi connectivity index (χ3v) is 3.92. The van der Waals surface area contributed by atoms with Crippen molar-refractivity contribution < 1.29 is 23.1 Å². The fraction of sp³-hybridized carbons (Fsp3) is 0.100. The van der Waals surface area contributed by atoms with Gasteiger partial charge in [0.15, 0.2) is 16.0 Å². The number of anilines is 2. The Kier molecular flexibility index (Phi) is 4.45. The maximum Gasteiger partial charge on any atom is 0.313 e. The van der Waals surface area contributed by atoms with E-state index in [0.29, 0.717) is 16.5 Å². The Hall–Kier alpha value is -1.81. The molecule has 2 N–H and O–H groups in total. The van der Waals surface area contributed by atoms with Crippen LogP contribution in [0.4, 0.5) is 24.0 Å².